The number of benzene rings is 2. The molecular formula is C20H26N2O2. The van der Waals surface area contributed by atoms with Crippen molar-refractivity contribution in [3.63, 3.8) is 0 Å². The van der Waals surface area contributed by atoms with Crippen LogP contribution in [0.1, 0.15) is 36.5 Å². The second-order valence-corrected chi connectivity index (χ2v) is 6.17. The van der Waals surface area contributed by atoms with Crippen molar-refractivity contribution in [3.05, 3.63) is 65.2 Å². The Kier molecular flexibility index (Phi) is 6.67. The Morgan fingerprint density at radius 1 is 1.08 bits per heavy atom. The first-order chi connectivity index (χ1) is 11.5. The monoisotopic (exact) mass is 326 g/mol. The highest BCUT2D eigenvalue weighted by atomic mass is 16.5. The molecule has 0 aliphatic rings. The number of ether oxygens (including phenoxy) is 1. The number of aryl methyl sites for hydroxylation is 1. The minimum absolute atomic E-state index is 0.184. The molecule has 0 aliphatic heterocycles. The average Bonchev–Trinajstić information content (AvgIpc) is 2.57. The van der Waals surface area contributed by atoms with Crippen LogP contribution in [0, 0.1) is 6.92 Å². The Hall–Kier alpha value is -2.49. The van der Waals surface area contributed by atoms with Crippen LogP contribution >= 0.6 is 0 Å². The van der Waals surface area contributed by atoms with E-state index in [1.165, 1.54) is 11.1 Å². The zero-order valence-electron chi connectivity index (χ0n) is 14.6. The standard InChI is InChI=1S/C20H26N2O2/c1-15(2)18-8-5-9-19(13-18)24-11-10-21-20(23)22-14-17-7-4-6-16(3)12-17/h4-9,12-13,15H,10-11,14H2,1-3H3,(H2,21,22,23). The van der Waals surface area contributed by atoms with E-state index in [1.54, 1.807) is 0 Å². The molecule has 2 aromatic rings. The summed E-state index contributed by atoms with van der Waals surface area (Å²) in [5.74, 6) is 1.31. The molecular weight excluding hydrogens is 300 g/mol. The highest BCUT2D eigenvalue weighted by Gasteiger charge is 2.02. The van der Waals surface area contributed by atoms with E-state index in [4.69, 9.17) is 4.74 Å². The Bertz CT molecular complexity index is 668. The molecule has 0 unspecified atom stereocenters. The molecule has 0 aromatic heterocycles. The number of amides is 2. The molecule has 0 aliphatic carbocycles. The summed E-state index contributed by atoms with van der Waals surface area (Å²) in [6, 6.07) is 16.0. The van der Waals surface area contributed by atoms with Gasteiger partial charge in [0.1, 0.15) is 12.4 Å². The van der Waals surface area contributed by atoms with E-state index >= 15 is 0 Å². The number of nitrogens with one attached hydrogen (secondary N) is 2. The number of rotatable bonds is 7. The lowest BCUT2D eigenvalue weighted by Crippen LogP contribution is -2.37. The highest BCUT2D eigenvalue weighted by molar-refractivity contribution is 5.73. The van der Waals surface area contributed by atoms with Crippen molar-refractivity contribution in [3.8, 4) is 5.75 Å². The fraction of sp³-hybridized carbons (Fsp3) is 0.350. The zero-order valence-corrected chi connectivity index (χ0v) is 14.6. The first kappa shape index (κ1) is 17.9. The van der Waals surface area contributed by atoms with Crippen molar-refractivity contribution >= 4 is 6.03 Å². The maximum atomic E-state index is 11.8. The molecule has 4 nitrogen and oxygen atoms in total. The normalized spacial score (nSPS) is 10.5. The van der Waals surface area contributed by atoms with Crippen molar-refractivity contribution in [1.29, 1.82) is 0 Å². The molecule has 0 saturated carbocycles. The topological polar surface area (TPSA) is 50.4 Å². The first-order valence-corrected chi connectivity index (χ1v) is 8.34. The second-order valence-electron chi connectivity index (χ2n) is 6.17. The van der Waals surface area contributed by atoms with Crippen molar-refractivity contribution in [1.82, 2.24) is 10.6 Å². The van der Waals surface area contributed by atoms with Crippen molar-refractivity contribution < 1.29 is 9.53 Å². The summed E-state index contributed by atoms with van der Waals surface area (Å²) in [6.45, 7) is 7.77. The third-order valence-corrected chi connectivity index (χ3v) is 3.72. The predicted octanol–water partition coefficient (Wildman–Crippen LogP) is 4.00. The van der Waals surface area contributed by atoms with Crippen LogP contribution in [0.5, 0.6) is 5.75 Å². The number of hydrogen-bond acceptors (Lipinski definition) is 2. The molecule has 2 N–H and O–H groups in total. The quantitative estimate of drug-likeness (QED) is 0.756. The van der Waals surface area contributed by atoms with Gasteiger partial charge in [0.15, 0.2) is 0 Å². The Labute approximate surface area is 144 Å². The maximum absolute atomic E-state index is 11.8. The fourth-order valence-electron chi connectivity index (χ4n) is 2.36. The molecule has 0 radical (unpaired) electrons. The molecule has 0 saturated heterocycles. The van der Waals surface area contributed by atoms with E-state index in [1.807, 2.05) is 43.3 Å². The van der Waals surface area contributed by atoms with Crippen LogP contribution < -0.4 is 15.4 Å². The first-order valence-electron chi connectivity index (χ1n) is 8.34. The highest BCUT2D eigenvalue weighted by Crippen LogP contribution is 2.19. The van der Waals surface area contributed by atoms with Crippen LogP contribution in [0.15, 0.2) is 48.5 Å². The van der Waals surface area contributed by atoms with Crippen LogP contribution in [0.3, 0.4) is 0 Å². The smallest absolute Gasteiger partial charge is 0.315 e. The molecule has 0 heterocycles. The summed E-state index contributed by atoms with van der Waals surface area (Å²) in [5, 5.41) is 5.64. The lowest BCUT2D eigenvalue weighted by molar-refractivity contribution is 0.236. The Morgan fingerprint density at radius 2 is 1.88 bits per heavy atom. The van der Waals surface area contributed by atoms with E-state index in [0.717, 1.165) is 11.3 Å². The number of hydrogen-bond donors (Lipinski definition) is 2. The lowest BCUT2D eigenvalue weighted by Gasteiger charge is -2.11. The van der Waals surface area contributed by atoms with Crippen molar-refractivity contribution in [2.24, 2.45) is 0 Å². The predicted molar refractivity (Wildman–Crippen MR) is 97.4 cm³/mol. The van der Waals surface area contributed by atoms with E-state index in [9.17, 15) is 4.79 Å². The van der Waals surface area contributed by atoms with Gasteiger partial charge < -0.3 is 15.4 Å². The Morgan fingerprint density at radius 3 is 2.62 bits per heavy atom. The number of urea groups is 1. The van der Waals surface area contributed by atoms with Crippen molar-refractivity contribution in [2.45, 2.75) is 33.2 Å². The molecule has 0 atom stereocenters. The summed E-state index contributed by atoms with van der Waals surface area (Å²) in [5.41, 5.74) is 3.52. The molecule has 2 aromatic carbocycles. The third kappa shape index (κ3) is 5.95. The van der Waals surface area contributed by atoms with Crippen LogP contribution in [0.2, 0.25) is 0 Å². The van der Waals surface area contributed by atoms with Gasteiger partial charge in [0.2, 0.25) is 0 Å². The lowest BCUT2D eigenvalue weighted by atomic mass is 10.0. The number of carbonyl (C=O) groups is 1. The largest absolute Gasteiger partial charge is 0.492 e. The summed E-state index contributed by atoms with van der Waals surface area (Å²) in [4.78, 5) is 11.8. The minimum Gasteiger partial charge on any atom is -0.492 e. The van der Waals surface area contributed by atoms with Gasteiger partial charge in [-0.25, -0.2) is 4.79 Å². The summed E-state index contributed by atoms with van der Waals surface area (Å²) in [7, 11) is 0. The van der Waals surface area contributed by atoms with Gasteiger partial charge in [-0.05, 0) is 36.1 Å². The number of carbonyl (C=O) groups excluding carboxylic acids is 1. The van der Waals surface area contributed by atoms with Gasteiger partial charge in [-0.1, -0.05) is 55.8 Å². The van der Waals surface area contributed by atoms with Crippen LogP contribution in [-0.2, 0) is 6.54 Å². The van der Waals surface area contributed by atoms with E-state index < -0.39 is 0 Å². The minimum atomic E-state index is -0.184. The third-order valence-electron chi connectivity index (χ3n) is 3.72. The maximum Gasteiger partial charge on any atom is 0.315 e. The second kappa shape index (κ2) is 8.96. The Balaban J connectivity index is 1.66. The molecule has 24 heavy (non-hydrogen) atoms. The molecule has 0 fully saturated rings. The van der Waals surface area contributed by atoms with Gasteiger partial charge in [0, 0.05) is 6.54 Å². The van der Waals surface area contributed by atoms with Gasteiger partial charge >= 0.3 is 6.03 Å². The van der Waals surface area contributed by atoms with Gasteiger partial charge in [0.05, 0.1) is 6.54 Å². The molecule has 0 bridgehead atoms. The van der Waals surface area contributed by atoms with Crippen LogP contribution in [0.4, 0.5) is 4.79 Å². The van der Waals surface area contributed by atoms with E-state index in [0.29, 0.717) is 25.6 Å². The van der Waals surface area contributed by atoms with Gasteiger partial charge in [-0.3, -0.25) is 0 Å². The molecule has 4 heteroatoms. The van der Waals surface area contributed by atoms with Crippen molar-refractivity contribution in [2.75, 3.05) is 13.2 Å². The molecule has 2 amide bonds. The molecule has 2 rings (SSSR count). The summed E-state index contributed by atoms with van der Waals surface area (Å²) >= 11 is 0. The average molecular weight is 326 g/mol. The van der Waals surface area contributed by atoms with E-state index in [-0.39, 0.29) is 6.03 Å². The molecule has 0 spiro atoms. The van der Waals surface area contributed by atoms with Gasteiger partial charge in [-0.15, -0.1) is 0 Å². The SMILES string of the molecule is Cc1cccc(CNC(=O)NCCOc2cccc(C(C)C)c2)c1. The summed E-state index contributed by atoms with van der Waals surface area (Å²) in [6.07, 6.45) is 0. The van der Waals surface area contributed by atoms with Crippen LogP contribution in [0.25, 0.3) is 0 Å². The summed E-state index contributed by atoms with van der Waals surface area (Å²) < 4.78 is 5.68. The van der Waals surface area contributed by atoms with Gasteiger partial charge in [0.25, 0.3) is 0 Å². The van der Waals surface area contributed by atoms with Crippen LogP contribution in [-0.4, -0.2) is 19.2 Å². The molecule has 128 valence electrons. The van der Waals surface area contributed by atoms with Gasteiger partial charge in [-0.2, -0.15) is 0 Å². The zero-order chi connectivity index (χ0) is 17.4. The fourth-order valence-corrected chi connectivity index (χ4v) is 2.36. The van der Waals surface area contributed by atoms with E-state index in [2.05, 4.69) is 36.6 Å².